The van der Waals surface area contributed by atoms with E-state index in [2.05, 4.69) is 10.4 Å². The topological polar surface area (TPSA) is 101 Å². The van der Waals surface area contributed by atoms with E-state index in [1.807, 2.05) is 0 Å². The Labute approximate surface area is 143 Å². The predicted octanol–water partition coefficient (Wildman–Crippen LogP) is 1.52. The molecule has 2 N–H and O–H groups in total. The molecule has 132 valence electrons. The Bertz CT molecular complexity index is 876. The second-order valence-corrected chi connectivity index (χ2v) is 5.90. The summed E-state index contributed by atoms with van der Waals surface area (Å²) in [7, 11) is 0. The van der Waals surface area contributed by atoms with Crippen molar-refractivity contribution in [2.45, 2.75) is 26.8 Å². The number of nitrogens with one attached hydrogen (secondary N) is 1. The number of carboxylic acid groups (broad SMARTS) is 1. The van der Waals surface area contributed by atoms with Gasteiger partial charge in [0.15, 0.2) is 5.69 Å². The first kappa shape index (κ1) is 18.3. The van der Waals surface area contributed by atoms with E-state index in [0.717, 1.165) is 10.7 Å². The zero-order chi connectivity index (χ0) is 18.7. The maximum absolute atomic E-state index is 14.0. The van der Waals surface area contributed by atoms with E-state index in [1.54, 1.807) is 26.8 Å². The van der Waals surface area contributed by atoms with Crippen molar-refractivity contribution in [1.82, 2.24) is 15.1 Å². The van der Waals surface area contributed by atoms with Crippen LogP contribution in [0.3, 0.4) is 0 Å². The Morgan fingerprint density at radius 2 is 1.92 bits per heavy atom. The first-order valence-electron chi connectivity index (χ1n) is 7.62. The predicted molar refractivity (Wildman–Crippen MR) is 88.3 cm³/mol. The smallest absolute Gasteiger partial charge is 0.326 e. The number of para-hydroxylation sites is 1. The van der Waals surface area contributed by atoms with Crippen molar-refractivity contribution in [3.05, 3.63) is 57.8 Å². The minimum Gasteiger partial charge on any atom is -0.480 e. The fourth-order valence-corrected chi connectivity index (χ4v) is 2.30. The van der Waals surface area contributed by atoms with Gasteiger partial charge in [-0.2, -0.15) is 5.10 Å². The molecule has 0 aliphatic heterocycles. The van der Waals surface area contributed by atoms with Gasteiger partial charge in [-0.3, -0.25) is 9.59 Å². The Balaban J connectivity index is 2.47. The van der Waals surface area contributed by atoms with Gasteiger partial charge in [0.2, 0.25) is 5.43 Å². The minimum absolute atomic E-state index is 0.0766. The molecule has 1 aromatic carbocycles. The summed E-state index contributed by atoms with van der Waals surface area (Å²) in [5.74, 6) is -3.10. The maximum Gasteiger partial charge on any atom is 0.326 e. The van der Waals surface area contributed by atoms with Gasteiger partial charge in [0.25, 0.3) is 5.91 Å². The highest BCUT2D eigenvalue weighted by Gasteiger charge is 2.26. The van der Waals surface area contributed by atoms with Gasteiger partial charge in [0.1, 0.15) is 17.5 Å². The monoisotopic (exact) mass is 347 g/mol. The van der Waals surface area contributed by atoms with Gasteiger partial charge in [0, 0.05) is 11.8 Å². The summed E-state index contributed by atoms with van der Waals surface area (Å²) in [5.41, 5.74) is -0.755. The summed E-state index contributed by atoms with van der Waals surface area (Å²) < 4.78 is 15.1. The summed E-state index contributed by atoms with van der Waals surface area (Å²) in [6.45, 7) is 4.80. The van der Waals surface area contributed by atoms with Crippen LogP contribution in [0.1, 0.15) is 30.0 Å². The lowest BCUT2D eigenvalue weighted by atomic mass is 10.0. The highest BCUT2D eigenvalue weighted by molar-refractivity contribution is 5.94. The third-order valence-electron chi connectivity index (χ3n) is 3.62. The molecule has 8 heteroatoms. The number of aryl methyl sites for hydroxylation is 1. The van der Waals surface area contributed by atoms with Crippen LogP contribution in [-0.4, -0.2) is 32.8 Å². The van der Waals surface area contributed by atoms with Crippen molar-refractivity contribution in [1.29, 1.82) is 0 Å². The van der Waals surface area contributed by atoms with E-state index in [9.17, 15) is 18.8 Å². The van der Waals surface area contributed by atoms with Crippen LogP contribution in [0.25, 0.3) is 5.69 Å². The minimum atomic E-state index is -1.22. The molecule has 0 fully saturated rings. The fraction of sp³-hybridized carbons (Fsp3) is 0.294. The van der Waals surface area contributed by atoms with Crippen molar-refractivity contribution in [2.24, 2.45) is 5.92 Å². The molecule has 0 saturated heterocycles. The first-order chi connectivity index (χ1) is 11.7. The molecule has 0 aliphatic carbocycles. The molecular weight excluding hydrogens is 329 g/mol. The van der Waals surface area contributed by atoms with E-state index in [1.165, 1.54) is 18.2 Å². The summed E-state index contributed by atoms with van der Waals surface area (Å²) in [6.07, 6.45) is 0. The summed E-state index contributed by atoms with van der Waals surface area (Å²) in [6, 6.07) is 5.76. The van der Waals surface area contributed by atoms with Gasteiger partial charge in [-0.15, -0.1) is 0 Å². The first-order valence-corrected chi connectivity index (χ1v) is 7.62. The Kier molecular flexibility index (Phi) is 5.31. The largest absolute Gasteiger partial charge is 0.480 e. The highest BCUT2D eigenvalue weighted by atomic mass is 19.1. The summed E-state index contributed by atoms with van der Waals surface area (Å²) in [5, 5.41) is 15.4. The number of aliphatic carboxylic acids is 1. The number of halogens is 1. The van der Waals surface area contributed by atoms with Gasteiger partial charge in [-0.25, -0.2) is 13.9 Å². The van der Waals surface area contributed by atoms with E-state index in [-0.39, 0.29) is 11.6 Å². The Morgan fingerprint density at radius 3 is 2.48 bits per heavy atom. The number of carbonyl (C=O) groups excluding carboxylic acids is 1. The number of amides is 1. The summed E-state index contributed by atoms with van der Waals surface area (Å²) >= 11 is 0. The van der Waals surface area contributed by atoms with E-state index in [4.69, 9.17) is 5.11 Å². The van der Waals surface area contributed by atoms with Gasteiger partial charge >= 0.3 is 5.97 Å². The standard InChI is InChI=1S/C17H18FN3O4/c1-9(2)14(17(24)25)19-16(23)15-13(22)8-10(3)21(20-15)12-7-5-4-6-11(12)18/h4-9,14H,1-3H3,(H,19,23)(H,24,25). The van der Waals surface area contributed by atoms with Crippen LogP contribution in [0.2, 0.25) is 0 Å². The lowest BCUT2D eigenvalue weighted by Gasteiger charge is -2.18. The number of benzene rings is 1. The fourth-order valence-electron chi connectivity index (χ4n) is 2.30. The average Bonchev–Trinajstić information content (AvgIpc) is 2.53. The Morgan fingerprint density at radius 1 is 1.28 bits per heavy atom. The molecule has 2 aromatic rings. The van der Waals surface area contributed by atoms with Gasteiger partial charge in [0.05, 0.1) is 0 Å². The second kappa shape index (κ2) is 7.25. The molecule has 1 aromatic heterocycles. The van der Waals surface area contributed by atoms with Crippen molar-refractivity contribution in [2.75, 3.05) is 0 Å². The molecule has 0 bridgehead atoms. The van der Waals surface area contributed by atoms with Crippen molar-refractivity contribution < 1.29 is 19.1 Å². The lowest BCUT2D eigenvalue weighted by Crippen LogP contribution is -2.46. The number of rotatable bonds is 5. The number of hydrogen-bond donors (Lipinski definition) is 2. The zero-order valence-electron chi connectivity index (χ0n) is 14.0. The molecule has 1 atom stereocenters. The van der Waals surface area contributed by atoms with Crippen molar-refractivity contribution in [3.8, 4) is 5.69 Å². The molecule has 1 unspecified atom stereocenters. The molecule has 2 rings (SSSR count). The van der Waals surface area contributed by atoms with Crippen LogP contribution in [-0.2, 0) is 4.79 Å². The number of carbonyl (C=O) groups is 2. The molecule has 1 amide bonds. The molecule has 0 saturated carbocycles. The molecule has 25 heavy (non-hydrogen) atoms. The second-order valence-electron chi connectivity index (χ2n) is 5.90. The third-order valence-corrected chi connectivity index (χ3v) is 3.62. The molecular formula is C17H18FN3O4. The van der Waals surface area contributed by atoms with Gasteiger partial charge in [-0.05, 0) is 25.0 Å². The zero-order valence-corrected chi connectivity index (χ0v) is 14.0. The van der Waals surface area contributed by atoms with E-state index >= 15 is 0 Å². The average molecular weight is 347 g/mol. The SMILES string of the molecule is Cc1cc(=O)c(C(=O)NC(C(=O)O)C(C)C)nn1-c1ccccc1F. The normalized spacial score (nSPS) is 12.0. The van der Waals surface area contributed by atoms with Crippen LogP contribution in [0, 0.1) is 18.7 Å². The lowest BCUT2D eigenvalue weighted by molar-refractivity contribution is -0.140. The number of aromatic nitrogens is 2. The summed E-state index contributed by atoms with van der Waals surface area (Å²) in [4.78, 5) is 35.6. The van der Waals surface area contributed by atoms with Crippen LogP contribution in [0.5, 0.6) is 0 Å². The van der Waals surface area contributed by atoms with E-state index in [0.29, 0.717) is 5.69 Å². The quantitative estimate of drug-likeness (QED) is 0.854. The van der Waals surface area contributed by atoms with Crippen molar-refractivity contribution in [3.63, 3.8) is 0 Å². The highest BCUT2D eigenvalue weighted by Crippen LogP contribution is 2.13. The number of nitrogens with zero attached hydrogens (tertiary/aromatic N) is 2. The van der Waals surface area contributed by atoms with E-state index < -0.39 is 34.9 Å². The van der Waals surface area contributed by atoms with Crippen LogP contribution in [0.15, 0.2) is 35.1 Å². The Hall–Kier alpha value is -3.03. The maximum atomic E-state index is 14.0. The molecule has 1 heterocycles. The number of carboxylic acids is 1. The van der Waals surface area contributed by atoms with Crippen LogP contribution in [0.4, 0.5) is 4.39 Å². The molecule has 0 radical (unpaired) electrons. The molecule has 7 nitrogen and oxygen atoms in total. The molecule has 0 aliphatic rings. The van der Waals surface area contributed by atoms with Crippen LogP contribution >= 0.6 is 0 Å². The van der Waals surface area contributed by atoms with Gasteiger partial charge < -0.3 is 10.4 Å². The molecule has 0 spiro atoms. The number of hydrogen-bond acceptors (Lipinski definition) is 4. The third kappa shape index (κ3) is 3.90. The van der Waals surface area contributed by atoms with Crippen LogP contribution < -0.4 is 10.7 Å². The van der Waals surface area contributed by atoms with Crippen molar-refractivity contribution >= 4 is 11.9 Å². The van der Waals surface area contributed by atoms with Gasteiger partial charge in [-0.1, -0.05) is 26.0 Å².